The van der Waals surface area contributed by atoms with E-state index >= 15 is 0 Å². The first kappa shape index (κ1) is 8.12. The third-order valence-electron chi connectivity index (χ3n) is 5.23. The first-order valence-electron chi connectivity index (χ1n) is 6.39. The molecule has 2 aliphatic heterocycles. The molecule has 1 N–H and O–H groups in total. The Bertz CT molecular complexity index is 227. The highest BCUT2D eigenvalue weighted by molar-refractivity contribution is 5.04. The molecule has 4 rings (SSSR count). The van der Waals surface area contributed by atoms with Crippen molar-refractivity contribution in [1.29, 1.82) is 0 Å². The number of nitrogens with one attached hydrogen (secondary N) is 1. The zero-order valence-corrected chi connectivity index (χ0v) is 8.78. The summed E-state index contributed by atoms with van der Waals surface area (Å²) >= 11 is 0. The molecule has 4 bridgehead atoms. The smallest absolute Gasteiger partial charge is 0.0239 e. The van der Waals surface area contributed by atoms with Crippen LogP contribution in [0, 0.1) is 11.8 Å². The average Bonchev–Trinajstić information content (AvgIpc) is 2.96. The van der Waals surface area contributed by atoms with Gasteiger partial charge in [-0.15, -0.1) is 0 Å². The minimum atomic E-state index is 0.846. The van der Waals surface area contributed by atoms with Crippen molar-refractivity contribution in [3.63, 3.8) is 0 Å². The van der Waals surface area contributed by atoms with Crippen LogP contribution in [0.3, 0.4) is 0 Å². The van der Waals surface area contributed by atoms with Crippen molar-refractivity contribution >= 4 is 0 Å². The SMILES string of the molecule is C1C[C@@H]2CC1CC2N1CC2CC1CN2. The molecule has 2 aliphatic carbocycles. The third-order valence-corrected chi connectivity index (χ3v) is 5.23. The van der Waals surface area contributed by atoms with Gasteiger partial charge in [-0.1, -0.05) is 6.42 Å². The lowest BCUT2D eigenvalue weighted by atomic mass is 9.93. The van der Waals surface area contributed by atoms with E-state index in [1.807, 2.05) is 0 Å². The second kappa shape index (κ2) is 2.73. The Balaban J connectivity index is 1.54. The highest BCUT2D eigenvalue weighted by atomic mass is 15.3. The van der Waals surface area contributed by atoms with Crippen LogP contribution in [0.1, 0.15) is 32.1 Å². The molecule has 2 heteroatoms. The van der Waals surface area contributed by atoms with E-state index in [0.29, 0.717) is 0 Å². The van der Waals surface area contributed by atoms with E-state index in [9.17, 15) is 0 Å². The fraction of sp³-hybridized carbons (Fsp3) is 1.00. The summed E-state index contributed by atoms with van der Waals surface area (Å²) in [6, 6.07) is 2.74. The summed E-state index contributed by atoms with van der Waals surface area (Å²) in [5, 5.41) is 3.61. The van der Waals surface area contributed by atoms with Crippen molar-refractivity contribution in [2.45, 2.75) is 50.2 Å². The summed E-state index contributed by atoms with van der Waals surface area (Å²) < 4.78 is 0. The Morgan fingerprint density at radius 1 is 1.07 bits per heavy atom. The molecule has 2 nitrogen and oxygen atoms in total. The number of piperazine rings is 1. The molecule has 14 heavy (non-hydrogen) atoms. The van der Waals surface area contributed by atoms with Crippen LogP contribution in [-0.4, -0.2) is 36.1 Å². The van der Waals surface area contributed by atoms with Crippen LogP contribution in [0.4, 0.5) is 0 Å². The van der Waals surface area contributed by atoms with Gasteiger partial charge in [-0.05, 0) is 37.5 Å². The lowest BCUT2D eigenvalue weighted by Crippen LogP contribution is -2.50. The van der Waals surface area contributed by atoms with Crippen molar-refractivity contribution in [2.75, 3.05) is 13.1 Å². The van der Waals surface area contributed by atoms with Crippen LogP contribution in [0.2, 0.25) is 0 Å². The van der Waals surface area contributed by atoms with Gasteiger partial charge in [0.05, 0.1) is 0 Å². The van der Waals surface area contributed by atoms with Gasteiger partial charge in [0.15, 0.2) is 0 Å². The standard InChI is InChI=1S/C12H20N2/c1-2-9-3-8(1)4-12(9)14-7-10-5-11(14)6-13-10/h8-13H,1-7H2/t8?,9-,10?,11?,12?/m1/s1. The largest absolute Gasteiger partial charge is 0.311 e. The van der Waals surface area contributed by atoms with Crippen molar-refractivity contribution in [3.05, 3.63) is 0 Å². The predicted molar refractivity (Wildman–Crippen MR) is 56.1 cm³/mol. The molecule has 0 aromatic heterocycles. The quantitative estimate of drug-likeness (QED) is 0.672. The molecule has 0 spiro atoms. The molecular weight excluding hydrogens is 172 g/mol. The highest BCUT2D eigenvalue weighted by Gasteiger charge is 2.48. The van der Waals surface area contributed by atoms with Gasteiger partial charge in [-0.2, -0.15) is 0 Å². The fourth-order valence-corrected chi connectivity index (χ4v) is 4.62. The Hall–Kier alpha value is -0.0800. The monoisotopic (exact) mass is 192 g/mol. The van der Waals surface area contributed by atoms with Gasteiger partial charge in [0.2, 0.25) is 0 Å². The van der Waals surface area contributed by atoms with Crippen LogP contribution < -0.4 is 5.32 Å². The van der Waals surface area contributed by atoms with Crippen LogP contribution >= 0.6 is 0 Å². The zero-order valence-electron chi connectivity index (χ0n) is 8.78. The summed E-state index contributed by atoms with van der Waals surface area (Å²) in [5.74, 6) is 2.19. The van der Waals surface area contributed by atoms with Gasteiger partial charge in [0.25, 0.3) is 0 Å². The molecule has 0 aromatic rings. The average molecular weight is 192 g/mol. The summed E-state index contributed by atoms with van der Waals surface area (Å²) in [6.07, 6.45) is 7.62. The molecule has 0 radical (unpaired) electrons. The molecule has 0 amide bonds. The number of nitrogens with zero attached hydrogens (tertiary/aromatic N) is 1. The minimum absolute atomic E-state index is 0.846. The number of likely N-dealkylation sites (tertiary alicyclic amines) is 1. The summed E-state index contributed by atoms with van der Waals surface area (Å²) in [5.41, 5.74) is 0. The lowest BCUT2D eigenvalue weighted by molar-refractivity contribution is 0.114. The van der Waals surface area contributed by atoms with Crippen LogP contribution in [0.25, 0.3) is 0 Å². The van der Waals surface area contributed by atoms with Gasteiger partial charge in [0, 0.05) is 31.2 Å². The number of hydrogen-bond donors (Lipinski definition) is 1. The summed E-state index contributed by atoms with van der Waals surface area (Å²) in [6.45, 7) is 2.64. The summed E-state index contributed by atoms with van der Waals surface area (Å²) in [7, 11) is 0. The molecule has 2 saturated heterocycles. The molecule has 2 heterocycles. The highest BCUT2D eigenvalue weighted by Crippen LogP contribution is 2.48. The van der Waals surface area contributed by atoms with E-state index < -0.39 is 0 Å². The molecule has 4 fully saturated rings. The van der Waals surface area contributed by atoms with E-state index in [0.717, 1.165) is 30.0 Å². The topological polar surface area (TPSA) is 15.3 Å². The molecular formula is C12H20N2. The van der Waals surface area contributed by atoms with E-state index in [-0.39, 0.29) is 0 Å². The minimum Gasteiger partial charge on any atom is -0.311 e. The van der Waals surface area contributed by atoms with Gasteiger partial charge < -0.3 is 5.32 Å². The molecule has 5 atom stereocenters. The van der Waals surface area contributed by atoms with Crippen LogP contribution in [0.5, 0.6) is 0 Å². The van der Waals surface area contributed by atoms with Gasteiger partial charge in [0.1, 0.15) is 0 Å². The maximum absolute atomic E-state index is 3.61. The molecule has 0 aromatic carbocycles. The predicted octanol–water partition coefficient (Wildman–Crippen LogP) is 1.22. The number of fused-ring (bicyclic) bond motifs is 4. The first-order chi connectivity index (χ1) is 6.90. The Labute approximate surface area is 86.0 Å². The summed E-state index contributed by atoms with van der Waals surface area (Å²) in [4.78, 5) is 2.87. The maximum Gasteiger partial charge on any atom is 0.0239 e. The maximum atomic E-state index is 3.61. The zero-order chi connectivity index (χ0) is 9.12. The van der Waals surface area contributed by atoms with Gasteiger partial charge in [-0.3, -0.25) is 4.90 Å². The second-order valence-corrected chi connectivity index (χ2v) is 5.93. The van der Waals surface area contributed by atoms with Gasteiger partial charge >= 0.3 is 0 Å². The Morgan fingerprint density at radius 2 is 2.07 bits per heavy atom. The van der Waals surface area contributed by atoms with Crippen LogP contribution in [0.15, 0.2) is 0 Å². The van der Waals surface area contributed by atoms with Crippen molar-refractivity contribution in [1.82, 2.24) is 10.2 Å². The fourth-order valence-electron chi connectivity index (χ4n) is 4.62. The van der Waals surface area contributed by atoms with E-state index in [2.05, 4.69) is 10.2 Å². The van der Waals surface area contributed by atoms with E-state index in [1.165, 1.54) is 32.4 Å². The van der Waals surface area contributed by atoms with Crippen molar-refractivity contribution < 1.29 is 0 Å². The molecule has 78 valence electrons. The number of rotatable bonds is 1. The number of hydrogen-bond acceptors (Lipinski definition) is 2. The molecule has 4 unspecified atom stereocenters. The molecule has 4 aliphatic rings. The van der Waals surface area contributed by atoms with Gasteiger partial charge in [-0.25, -0.2) is 0 Å². The lowest BCUT2D eigenvalue weighted by Gasteiger charge is -2.37. The Kier molecular flexibility index (Phi) is 1.58. The van der Waals surface area contributed by atoms with E-state index in [1.54, 1.807) is 12.8 Å². The normalized spacial score (nSPS) is 56.1. The van der Waals surface area contributed by atoms with Crippen molar-refractivity contribution in [3.8, 4) is 0 Å². The van der Waals surface area contributed by atoms with E-state index in [4.69, 9.17) is 0 Å². The Morgan fingerprint density at radius 3 is 2.64 bits per heavy atom. The second-order valence-electron chi connectivity index (χ2n) is 5.93. The molecule has 2 saturated carbocycles. The third kappa shape index (κ3) is 0.989. The van der Waals surface area contributed by atoms with Crippen molar-refractivity contribution in [2.24, 2.45) is 11.8 Å². The first-order valence-corrected chi connectivity index (χ1v) is 6.39. The van der Waals surface area contributed by atoms with Crippen LogP contribution in [-0.2, 0) is 0 Å².